The number of phenols is 1. The van der Waals surface area contributed by atoms with E-state index in [1.165, 1.54) is 5.01 Å². The van der Waals surface area contributed by atoms with Gasteiger partial charge in [-0.1, -0.05) is 12.1 Å². The third-order valence-electron chi connectivity index (χ3n) is 5.57. The lowest BCUT2D eigenvalue weighted by Gasteiger charge is -2.42. The first-order valence-corrected chi connectivity index (χ1v) is 9.94. The molecule has 4 N–H and O–H groups in total. The Labute approximate surface area is 168 Å². The van der Waals surface area contributed by atoms with Crippen LogP contribution >= 0.6 is 0 Å². The standard InChI is InChI=1S/C20H27N3O6/c24-14-8-5-13(6-9-14)7-10-16(19(26)27)21-15-3-1-11-22-12-2-4-17(20(28)29)23(22)18(15)25/h5-6,8-9,15-17,21,24H,1-4,7,10-12H2,(H,26,27)(H,28,29)/t15-,16-,17-/m0/s1. The van der Waals surface area contributed by atoms with Crippen molar-refractivity contribution in [1.82, 2.24) is 15.3 Å². The summed E-state index contributed by atoms with van der Waals surface area (Å²) < 4.78 is 0. The van der Waals surface area contributed by atoms with Crippen molar-refractivity contribution in [3.8, 4) is 5.75 Å². The van der Waals surface area contributed by atoms with E-state index in [0.717, 1.165) is 5.56 Å². The minimum absolute atomic E-state index is 0.143. The quantitative estimate of drug-likeness (QED) is 0.525. The number of carboxylic acids is 2. The van der Waals surface area contributed by atoms with Crippen molar-refractivity contribution in [3.63, 3.8) is 0 Å². The number of amides is 1. The van der Waals surface area contributed by atoms with E-state index in [0.29, 0.717) is 45.2 Å². The van der Waals surface area contributed by atoms with Gasteiger partial charge in [0.1, 0.15) is 17.8 Å². The lowest BCUT2D eigenvalue weighted by molar-refractivity contribution is -0.174. The number of carbonyl (C=O) groups excluding carboxylic acids is 1. The highest BCUT2D eigenvalue weighted by Crippen LogP contribution is 2.24. The van der Waals surface area contributed by atoms with E-state index in [2.05, 4.69) is 5.32 Å². The molecule has 9 heteroatoms. The molecule has 2 fully saturated rings. The van der Waals surface area contributed by atoms with Crippen LogP contribution < -0.4 is 5.32 Å². The Balaban J connectivity index is 1.69. The zero-order valence-corrected chi connectivity index (χ0v) is 16.2. The highest BCUT2D eigenvalue weighted by atomic mass is 16.4. The number of nitrogens with zero attached hydrogens (tertiary/aromatic N) is 2. The summed E-state index contributed by atoms with van der Waals surface area (Å²) in [4.78, 5) is 36.5. The van der Waals surface area contributed by atoms with Crippen molar-refractivity contribution < 1.29 is 29.7 Å². The first kappa shape index (κ1) is 21.1. The molecule has 2 aliphatic heterocycles. The number of hydrogen-bond donors (Lipinski definition) is 4. The predicted octanol–water partition coefficient (Wildman–Crippen LogP) is 0.823. The lowest BCUT2D eigenvalue weighted by atomic mass is 10.0. The van der Waals surface area contributed by atoms with Crippen molar-refractivity contribution in [2.24, 2.45) is 0 Å². The maximum Gasteiger partial charge on any atom is 0.328 e. The van der Waals surface area contributed by atoms with Crippen LogP contribution in [0.4, 0.5) is 0 Å². The van der Waals surface area contributed by atoms with Crippen molar-refractivity contribution in [2.75, 3.05) is 13.1 Å². The van der Waals surface area contributed by atoms with Gasteiger partial charge in [0, 0.05) is 13.1 Å². The van der Waals surface area contributed by atoms with Crippen LogP contribution in [0.15, 0.2) is 24.3 Å². The molecule has 2 heterocycles. The Bertz CT molecular complexity index is 753. The minimum Gasteiger partial charge on any atom is -0.508 e. The molecule has 0 unspecified atom stereocenters. The molecule has 0 aromatic heterocycles. The molecule has 9 nitrogen and oxygen atoms in total. The number of rotatable bonds is 7. The molecule has 2 saturated heterocycles. The van der Waals surface area contributed by atoms with Gasteiger partial charge >= 0.3 is 11.9 Å². The molecule has 0 spiro atoms. The van der Waals surface area contributed by atoms with Gasteiger partial charge in [-0.15, -0.1) is 0 Å². The summed E-state index contributed by atoms with van der Waals surface area (Å²) in [7, 11) is 0. The topological polar surface area (TPSA) is 130 Å². The van der Waals surface area contributed by atoms with Gasteiger partial charge in [0.15, 0.2) is 0 Å². The molecule has 3 rings (SSSR count). The summed E-state index contributed by atoms with van der Waals surface area (Å²) >= 11 is 0. The minimum atomic E-state index is -1.05. The maximum atomic E-state index is 13.1. The van der Waals surface area contributed by atoms with Crippen molar-refractivity contribution in [1.29, 1.82) is 0 Å². The summed E-state index contributed by atoms with van der Waals surface area (Å²) in [6.45, 7) is 1.21. The summed E-state index contributed by atoms with van der Waals surface area (Å²) in [6, 6.07) is 3.98. The van der Waals surface area contributed by atoms with E-state index in [1.54, 1.807) is 29.3 Å². The van der Waals surface area contributed by atoms with Gasteiger partial charge in [-0.25, -0.2) is 9.80 Å². The van der Waals surface area contributed by atoms with E-state index in [-0.39, 0.29) is 18.1 Å². The number of benzene rings is 1. The van der Waals surface area contributed by atoms with E-state index in [4.69, 9.17) is 0 Å². The van der Waals surface area contributed by atoms with Gasteiger partial charge in [-0.3, -0.25) is 19.9 Å². The van der Waals surface area contributed by atoms with E-state index < -0.39 is 30.1 Å². The van der Waals surface area contributed by atoms with Crippen LogP contribution in [0.5, 0.6) is 5.75 Å². The predicted molar refractivity (Wildman–Crippen MR) is 103 cm³/mol. The Morgan fingerprint density at radius 3 is 2.38 bits per heavy atom. The average Bonchev–Trinajstić information content (AvgIpc) is 2.85. The number of fused-ring (bicyclic) bond motifs is 1. The summed E-state index contributed by atoms with van der Waals surface area (Å²) in [5, 5.41) is 34.6. The first-order valence-electron chi connectivity index (χ1n) is 9.94. The molecule has 1 aromatic rings. The summed E-state index contributed by atoms with van der Waals surface area (Å²) in [5.41, 5.74) is 0.885. The third-order valence-corrected chi connectivity index (χ3v) is 5.57. The van der Waals surface area contributed by atoms with Crippen LogP contribution in [0.3, 0.4) is 0 Å². The highest BCUT2D eigenvalue weighted by molar-refractivity contribution is 5.87. The third kappa shape index (κ3) is 5.04. The molecule has 0 aliphatic carbocycles. The number of aliphatic carboxylic acids is 2. The van der Waals surface area contributed by atoms with E-state index >= 15 is 0 Å². The summed E-state index contributed by atoms with van der Waals surface area (Å²) in [6.07, 6.45) is 2.99. The molecule has 1 amide bonds. The van der Waals surface area contributed by atoms with Crippen LogP contribution in [-0.2, 0) is 20.8 Å². The number of carbonyl (C=O) groups is 3. The SMILES string of the molecule is O=C(O)[C@H](CCc1ccc(O)cc1)N[C@H]1CCCN2CCC[C@@H](C(=O)O)N2C1=O. The van der Waals surface area contributed by atoms with Gasteiger partial charge in [-0.05, 0) is 56.2 Å². The fraction of sp³-hybridized carbons (Fsp3) is 0.550. The largest absolute Gasteiger partial charge is 0.508 e. The number of hydrogen-bond acceptors (Lipinski definition) is 6. The van der Waals surface area contributed by atoms with Crippen LogP contribution in [0.2, 0.25) is 0 Å². The normalized spacial score (nSPS) is 23.9. The second-order valence-electron chi connectivity index (χ2n) is 7.59. The van der Waals surface area contributed by atoms with Crippen LogP contribution in [0, 0.1) is 0 Å². The molecular formula is C20H27N3O6. The fourth-order valence-corrected chi connectivity index (χ4v) is 4.05. The second kappa shape index (κ2) is 9.23. The van der Waals surface area contributed by atoms with E-state index in [9.17, 15) is 29.7 Å². The van der Waals surface area contributed by atoms with Gasteiger partial charge in [0.05, 0.1) is 6.04 Å². The average molecular weight is 405 g/mol. The molecule has 2 aliphatic rings. The Kier molecular flexibility index (Phi) is 6.71. The summed E-state index contributed by atoms with van der Waals surface area (Å²) in [5.74, 6) is -2.31. The number of carboxylic acid groups (broad SMARTS) is 2. The molecular weight excluding hydrogens is 378 g/mol. The number of aryl methyl sites for hydroxylation is 1. The zero-order valence-electron chi connectivity index (χ0n) is 16.2. The van der Waals surface area contributed by atoms with E-state index in [1.807, 2.05) is 0 Å². The Morgan fingerprint density at radius 1 is 1.10 bits per heavy atom. The van der Waals surface area contributed by atoms with Crippen molar-refractivity contribution in [2.45, 2.75) is 56.7 Å². The molecule has 29 heavy (non-hydrogen) atoms. The smallest absolute Gasteiger partial charge is 0.328 e. The fourth-order valence-electron chi connectivity index (χ4n) is 4.05. The lowest BCUT2D eigenvalue weighted by Crippen LogP contribution is -2.61. The second-order valence-corrected chi connectivity index (χ2v) is 7.59. The van der Waals surface area contributed by atoms with Gasteiger partial charge in [0.2, 0.25) is 0 Å². The monoisotopic (exact) mass is 405 g/mol. The van der Waals surface area contributed by atoms with Gasteiger partial charge in [-0.2, -0.15) is 0 Å². The maximum absolute atomic E-state index is 13.1. The zero-order chi connectivity index (χ0) is 21.0. The molecule has 158 valence electrons. The van der Waals surface area contributed by atoms with Gasteiger partial charge < -0.3 is 15.3 Å². The van der Waals surface area contributed by atoms with Gasteiger partial charge in [0.25, 0.3) is 5.91 Å². The van der Waals surface area contributed by atoms with Crippen molar-refractivity contribution in [3.05, 3.63) is 29.8 Å². The number of hydrazine groups is 1. The first-order chi connectivity index (χ1) is 13.9. The number of nitrogens with one attached hydrogen (secondary N) is 1. The van der Waals surface area contributed by atoms with Crippen LogP contribution in [-0.4, -0.2) is 74.4 Å². The van der Waals surface area contributed by atoms with Crippen LogP contribution in [0.25, 0.3) is 0 Å². The number of phenolic OH excluding ortho intramolecular Hbond substituents is 1. The molecule has 3 atom stereocenters. The number of aromatic hydroxyl groups is 1. The Morgan fingerprint density at radius 2 is 1.76 bits per heavy atom. The molecule has 0 saturated carbocycles. The highest BCUT2D eigenvalue weighted by Gasteiger charge is 2.42. The molecule has 1 aromatic carbocycles. The molecule has 0 bridgehead atoms. The molecule has 0 radical (unpaired) electrons. The van der Waals surface area contributed by atoms with Crippen molar-refractivity contribution >= 4 is 17.8 Å². The van der Waals surface area contributed by atoms with Crippen LogP contribution in [0.1, 0.15) is 37.7 Å². The Hall–Kier alpha value is -2.65.